The van der Waals surface area contributed by atoms with Crippen molar-refractivity contribution in [3.05, 3.63) is 0 Å². The number of esters is 1. The zero-order valence-electron chi connectivity index (χ0n) is 16.5. The van der Waals surface area contributed by atoms with Gasteiger partial charge in [-0.15, -0.1) is 0 Å². The van der Waals surface area contributed by atoms with Crippen molar-refractivity contribution >= 4 is 5.97 Å². The summed E-state index contributed by atoms with van der Waals surface area (Å²) in [4.78, 5) is 15.2. The smallest absolute Gasteiger partial charge is 0.305 e. The Kier molecular flexibility index (Phi) is 3.34. The second-order valence-electron chi connectivity index (χ2n) is 10.4. The Balaban J connectivity index is 1.65. The fraction of sp³-hybridized carbons (Fsp3) is 0.955. The fourth-order valence-corrected chi connectivity index (χ4v) is 9.29. The molecule has 7 unspecified atom stereocenters. The highest BCUT2D eigenvalue weighted by atomic mass is 16.5. The van der Waals surface area contributed by atoms with Crippen LogP contribution in [0.25, 0.3) is 0 Å². The third-order valence-electron chi connectivity index (χ3n) is 9.93. The van der Waals surface area contributed by atoms with Crippen molar-refractivity contribution in [2.45, 2.75) is 96.2 Å². The minimum absolute atomic E-state index is 0.00175. The van der Waals surface area contributed by atoms with E-state index in [9.17, 15) is 4.79 Å². The van der Waals surface area contributed by atoms with E-state index in [1.165, 1.54) is 44.9 Å². The van der Waals surface area contributed by atoms with Crippen molar-refractivity contribution in [1.29, 1.82) is 0 Å². The maximum absolute atomic E-state index is 12.1. The number of carbonyl (C=O) groups is 1. The lowest BCUT2D eigenvalue weighted by Crippen LogP contribution is -2.57. The molecule has 3 saturated heterocycles. The van der Waals surface area contributed by atoms with E-state index >= 15 is 0 Å². The highest BCUT2D eigenvalue weighted by Gasteiger charge is 2.84. The second-order valence-corrected chi connectivity index (χ2v) is 10.4. The van der Waals surface area contributed by atoms with Crippen LogP contribution in [0.2, 0.25) is 0 Å². The van der Waals surface area contributed by atoms with Crippen molar-refractivity contribution in [1.82, 2.24) is 4.90 Å². The molecule has 3 nitrogen and oxygen atoms in total. The van der Waals surface area contributed by atoms with Crippen LogP contribution in [0.3, 0.4) is 0 Å². The summed E-state index contributed by atoms with van der Waals surface area (Å²) in [5, 5.41) is 0. The predicted molar refractivity (Wildman–Crippen MR) is 98.1 cm³/mol. The molecule has 0 N–H and O–H groups in total. The lowest BCUT2D eigenvalue weighted by atomic mass is 9.46. The Labute approximate surface area is 152 Å². The number of hydrogen-bond acceptors (Lipinski definition) is 3. The van der Waals surface area contributed by atoms with Crippen molar-refractivity contribution in [2.24, 2.45) is 28.6 Å². The van der Waals surface area contributed by atoms with Gasteiger partial charge in [-0.25, -0.2) is 0 Å². The molecule has 0 amide bonds. The van der Waals surface area contributed by atoms with E-state index in [1.54, 1.807) is 7.11 Å². The molecule has 2 saturated carbocycles. The zero-order valence-corrected chi connectivity index (χ0v) is 16.5. The van der Waals surface area contributed by atoms with Gasteiger partial charge >= 0.3 is 5.97 Å². The van der Waals surface area contributed by atoms with Gasteiger partial charge < -0.3 is 4.74 Å². The maximum atomic E-state index is 12.1. The molecule has 0 radical (unpaired) electrons. The number of fused-ring (bicyclic) bond motifs is 1. The van der Waals surface area contributed by atoms with Gasteiger partial charge in [0.2, 0.25) is 0 Å². The molecule has 5 fully saturated rings. The van der Waals surface area contributed by atoms with Gasteiger partial charge in [0.1, 0.15) is 0 Å². The van der Waals surface area contributed by atoms with Crippen LogP contribution in [0.5, 0.6) is 0 Å². The Morgan fingerprint density at radius 1 is 1.20 bits per heavy atom. The predicted octanol–water partition coefficient (Wildman–Crippen LogP) is 4.40. The highest BCUT2D eigenvalue weighted by molar-refractivity contribution is 5.69. The summed E-state index contributed by atoms with van der Waals surface area (Å²) < 4.78 is 5.07. The largest absolute Gasteiger partial charge is 0.469 e. The molecule has 0 aromatic carbocycles. The first-order chi connectivity index (χ1) is 11.9. The van der Waals surface area contributed by atoms with E-state index in [1.807, 2.05) is 0 Å². The van der Waals surface area contributed by atoms with E-state index in [-0.39, 0.29) is 5.97 Å². The minimum atomic E-state index is 0.00175. The lowest BCUT2D eigenvalue weighted by Gasteiger charge is -2.57. The van der Waals surface area contributed by atoms with Crippen molar-refractivity contribution in [2.75, 3.05) is 7.11 Å². The van der Waals surface area contributed by atoms with E-state index in [0.29, 0.717) is 22.8 Å². The van der Waals surface area contributed by atoms with Crippen LogP contribution in [-0.2, 0) is 9.53 Å². The Hall–Kier alpha value is -0.570. The van der Waals surface area contributed by atoms with Crippen molar-refractivity contribution in [3.63, 3.8) is 0 Å². The zero-order chi connectivity index (χ0) is 17.6. The number of nitrogens with zero attached hydrogens (tertiary/aromatic N) is 1. The minimum Gasteiger partial charge on any atom is -0.469 e. The second kappa shape index (κ2) is 5.03. The molecule has 3 heterocycles. The summed E-state index contributed by atoms with van der Waals surface area (Å²) in [5.41, 5.74) is 1.29. The van der Waals surface area contributed by atoms with Crippen molar-refractivity contribution < 1.29 is 9.53 Å². The lowest BCUT2D eigenvalue weighted by molar-refractivity contribution is -0.143. The van der Waals surface area contributed by atoms with Gasteiger partial charge in [-0.3, -0.25) is 9.69 Å². The standard InChI is InChI=1S/C22H35NO2/c1-14(2)15-7-11-20(3)17-8-12-21-10-5-6-16(21)22(20,19(15)23(17)21)13-9-18(24)25-4/h14-17,19H,5-13H2,1-4H3. The number of methoxy groups -OCH3 is 1. The third-order valence-corrected chi connectivity index (χ3v) is 9.93. The molecule has 0 aromatic heterocycles. The molecule has 2 aliphatic carbocycles. The summed E-state index contributed by atoms with van der Waals surface area (Å²) >= 11 is 0. The summed E-state index contributed by atoms with van der Waals surface area (Å²) in [7, 11) is 1.55. The molecule has 0 aromatic rings. The van der Waals surface area contributed by atoms with Crippen LogP contribution in [0, 0.1) is 28.6 Å². The summed E-state index contributed by atoms with van der Waals surface area (Å²) in [5.74, 6) is 2.40. The summed E-state index contributed by atoms with van der Waals surface area (Å²) in [6.45, 7) is 7.50. The van der Waals surface area contributed by atoms with Gasteiger partial charge in [-0.2, -0.15) is 0 Å². The van der Waals surface area contributed by atoms with Crippen LogP contribution in [0.15, 0.2) is 0 Å². The van der Waals surface area contributed by atoms with Crippen LogP contribution in [0.4, 0.5) is 0 Å². The number of carbonyl (C=O) groups excluding carboxylic acids is 1. The molecule has 5 rings (SSSR count). The highest BCUT2D eigenvalue weighted by Crippen LogP contribution is 2.82. The quantitative estimate of drug-likeness (QED) is 0.707. The normalized spacial score (nSPS) is 52.8. The molecule has 3 aliphatic heterocycles. The van der Waals surface area contributed by atoms with Gasteiger partial charge in [-0.1, -0.05) is 27.2 Å². The average molecular weight is 346 g/mol. The van der Waals surface area contributed by atoms with Crippen LogP contribution < -0.4 is 0 Å². The number of ether oxygens (including phenoxy) is 1. The Bertz CT molecular complexity index is 603. The fourth-order valence-electron chi connectivity index (χ4n) is 9.29. The third kappa shape index (κ3) is 1.62. The number of hydrogen-bond donors (Lipinski definition) is 0. The first-order valence-corrected chi connectivity index (χ1v) is 10.8. The van der Waals surface area contributed by atoms with Crippen LogP contribution >= 0.6 is 0 Å². The first-order valence-electron chi connectivity index (χ1n) is 10.8. The first kappa shape index (κ1) is 16.6. The maximum Gasteiger partial charge on any atom is 0.305 e. The molecular weight excluding hydrogens is 310 g/mol. The number of rotatable bonds is 4. The van der Waals surface area contributed by atoms with Crippen LogP contribution in [0.1, 0.15) is 78.6 Å². The van der Waals surface area contributed by atoms with Gasteiger partial charge in [0.05, 0.1) is 7.11 Å². The SMILES string of the molecule is COC(=O)CCC12C3C(C(C)C)CCC1(C)C1CCC4(CCCC42)N13. The molecule has 25 heavy (non-hydrogen) atoms. The van der Waals surface area contributed by atoms with E-state index < -0.39 is 0 Å². The molecular formula is C22H35NO2. The molecule has 1 spiro atoms. The molecule has 7 atom stereocenters. The van der Waals surface area contributed by atoms with E-state index in [4.69, 9.17) is 4.74 Å². The number of piperidine rings is 1. The molecule has 140 valence electrons. The molecule has 4 bridgehead atoms. The monoisotopic (exact) mass is 345 g/mol. The Morgan fingerprint density at radius 2 is 2.00 bits per heavy atom. The molecule has 3 heteroatoms. The average Bonchev–Trinajstić information content (AvgIpc) is 3.23. The Morgan fingerprint density at radius 3 is 2.72 bits per heavy atom. The summed E-state index contributed by atoms with van der Waals surface area (Å²) in [6, 6.07) is 1.52. The molecule has 5 aliphatic rings. The van der Waals surface area contributed by atoms with Gasteiger partial charge in [0.15, 0.2) is 0 Å². The van der Waals surface area contributed by atoms with Gasteiger partial charge in [0.25, 0.3) is 0 Å². The topological polar surface area (TPSA) is 29.5 Å². The van der Waals surface area contributed by atoms with Gasteiger partial charge in [0, 0.05) is 24.0 Å². The van der Waals surface area contributed by atoms with Crippen molar-refractivity contribution in [3.8, 4) is 0 Å². The van der Waals surface area contributed by atoms with Gasteiger partial charge in [-0.05, 0) is 73.5 Å². The summed E-state index contributed by atoms with van der Waals surface area (Å²) in [6.07, 6.45) is 11.5. The van der Waals surface area contributed by atoms with Crippen LogP contribution in [-0.4, -0.2) is 35.6 Å². The van der Waals surface area contributed by atoms with E-state index in [2.05, 4.69) is 25.7 Å². The van der Waals surface area contributed by atoms with E-state index in [0.717, 1.165) is 36.3 Å².